The second-order valence-electron chi connectivity index (χ2n) is 2.45. The Hall–Kier alpha value is -0.810. The minimum absolute atomic E-state index is 0.316. The Morgan fingerprint density at radius 2 is 2.33 bits per heavy atom. The lowest BCUT2D eigenvalue weighted by Crippen LogP contribution is -2.37. The van der Waals surface area contributed by atoms with Crippen molar-refractivity contribution < 1.29 is 14.7 Å². The first kappa shape index (κ1) is 11.2. The van der Waals surface area contributed by atoms with Gasteiger partial charge in [0, 0.05) is 7.05 Å². The van der Waals surface area contributed by atoms with Gasteiger partial charge in [-0.1, -0.05) is 13.3 Å². The van der Waals surface area contributed by atoms with E-state index in [9.17, 15) is 4.79 Å². The molecule has 0 aromatic carbocycles. The molecule has 2 amide bonds. The Kier molecular flexibility index (Phi) is 6.41. The molecule has 0 bridgehead atoms. The number of aliphatic hydroxyl groups is 1. The molecule has 0 saturated heterocycles. The number of carbonyl (C=O) groups is 1. The number of nitrogens with one attached hydrogen (secondary N) is 1. The number of aliphatic hydroxyl groups excluding tert-OH is 1. The molecule has 0 unspecified atom stereocenters. The maximum absolute atomic E-state index is 10.9. The molecule has 72 valence electrons. The Morgan fingerprint density at radius 1 is 1.67 bits per heavy atom. The van der Waals surface area contributed by atoms with Crippen LogP contribution in [0.5, 0.6) is 0 Å². The number of carbonyl (C=O) groups excluding carboxylic acids is 1. The highest BCUT2D eigenvalue weighted by Gasteiger charge is 2.04. The molecule has 0 atom stereocenters. The highest BCUT2D eigenvalue weighted by Crippen LogP contribution is 1.86. The van der Waals surface area contributed by atoms with Gasteiger partial charge < -0.3 is 10.0 Å². The molecule has 0 radical (unpaired) electrons. The summed E-state index contributed by atoms with van der Waals surface area (Å²) in [5, 5.41) is 8.52. The molecule has 0 heterocycles. The van der Waals surface area contributed by atoms with Gasteiger partial charge in [0.1, 0.15) is 6.73 Å². The van der Waals surface area contributed by atoms with E-state index in [0.717, 1.165) is 17.7 Å². The Balaban J connectivity index is 3.31. The standard InChI is InChI=1S/C7H16N2O3/c1-3-4-5-12-8-7(11)9(2)6-10/h10H,3-6H2,1-2H3,(H,8,11). The van der Waals surface area contributed by atoms with Crippen LogP contribution in [0.2, 0.25) is 0 Å². The van der Waals surface area contributed by atoms with Crippen molar-refractivity contribution >= 4 is 6.03 Å². The van der Waals surface area contributed by atoms with Gasteiger partial charge in [0.2, 0.25) is 0 Å². The van der Waals surface area contributed by atoms with E-state index < -0.39 is 6.03 Å². The molecule has 0 rings (SSSR count). The third-order valence-electron chi connectivity index (χ3n) is 1.32. The molecule has 0 aliphatic heterocycles. The molecule has 0 fully saturated rings. The lowest BCUT2D eigenvalue weighted by atomic mass is 10.4. The van der Waals surface area contributed by atoms with Crippen molar-refractivity contribution in [3.05, 3.63) is 0 Å². The summed E-state index contributed by atoms with van der Waals surface area (Å²) in [6.07, 6.45) is 1.93. The van der Waals surface area contributed by atoms with Gasteiger partial charge in [0.15, 0.2) is 0 Å². The maximum atomic E-state index is 10.9. The second kappa shape index (κ2) is 6.87. The number of nitrogens with zero attached hydrogens (tertiary/aromatic N) is 1. The summed E-state index contributed by atoms with van der Waals surface area (Å²) in [5.41, 5.74) is 2.20. The summed E-state index contributed by atoms with van der Waals surface area (Å²) < 4.78 is 0. The molecular weight excluding hydrogens is 160 g/mol. The zero-order valence-electron chi connectivity index (χ0n) is 7.54. The first-order chi connectivity index (χ1) is 5.72. The van der Waals surface area contributed by atoms with E-state index in [1.54, 1.807) is 0 Å². The summed E-state index contributed by atoms with van der Waals surface area (Å²) in [5.74, 6) is 0. The SMILES string of the molecule is CCCCONC(=O)N(C)CO. The molecule has 12 heavy (non-hydrogen) atoms. The van der Waals surface area contributed by atoms with Crippen molar-refractivity contribution in [1.82, 2.24) is 10.4 Å². The maximum Gasteiger partial charge on any atom is 0.342 e. The zero-order valence-corrected chi connectivity index (χ0v) is 7.54. The van der Waals surface area contributed by atoms with Crippen LogP contribution in [0.15, 0.2) is 0 Å². The van der Waals surface area contributed by atoms with Gasteiger partial charge in [-0.3, -0.25) is 4.84 Å². The molecule has 2 N–H and O–H groups in total. The highest BCUT2D eigenvalue weighted by molar-refractivity contribution is 5.72. The lowest BCUT2D eigenvalue weighted by molar-refractivity contribution is 0.0381. The molecule has 0 spiro atoms. The molecule has 0 aromatic rings. The lowest BCUT2D eigenvalue weighted by Gasteiger charge is -2.13. The van der Waals surface area contributed by atoms with E-state index in [0.29, 0.717) is 6.61 Å². The van der Waals surface area contributed by atoms with Crippen LogP contribution in [0, 0.1) is 0 Å². The zero-order chi connectivity index (χ0) is 9.40. The molecule has 0 aliphatic carbocycles. The van der Waals surface area contributed by atoms with Crippen LogP contribution >= 0.6 is 0 Å². The van der Waals surface area contributed by atoms with Crippen LogP contribution in [-0.2, 0) is 4.84 Å². The van der Waals surface area contributed by atoms with Crippen LogP contribution in [-0.4, -0.2) is 36.4 Å². The van der Waals surface area contributed by atoms with Gasteiger partial charge in [-0.05, 0) is 6.42 Å². The fourth-order valence-electron chi connectivity index (χ4n) is 0.471. The van der Waals surface area contributed by atoms with Gasteiger partial charge in [-0.2, -0.15) is 0 Å². The second-order valence-corrected chi connectivity index (χ2v) is 2.45. The summed E-state index contributed by atoms with van der Waals surface area (Å²) >= 11 is 0. The number of urea groups is 1. The molecule has 0 aromatic heterocycles. The largest absolute Gasteiger partial charge is 0.376 e. The average molecular weight is 176 g/mol. The topological polar surface area (TPSA) is 61.8 Å². The Bertz CT molecular complexity index is 130. The normalized spacial score (nSPS) is 9.58. The number of hydrogen-bond acceptors (Lipinski definition) is 3. The van der Waals surface area contributed by atoms with Gasteiger partial charge in [-0.15, -0.1) is 0 Å². The predicted octanol–water partition coefficient (Wildman–Crippen LogP) is 0.309. The van der Waals surface area contributed by atoms with E-state index in [2.05, 4.69) is 5.48 Å². The summed E-state index contributed by atoms with van der Waals surface area (Å²) in [7, 11) is 1.47. The van der Waals surface area contributed by atoms with Crippen molar-refractivity contribution in [2.75, 3.05) is 20.4 Å². The fourth-order valence-corrected chi connectivity index (χ4v) is 0.471. The number of rotatable bonds is 5. The predicted molar refractivity (Wildman–Crippen MR) is 44.2 cm³/mol. The number of hydroxylamine groups is 1. The van der Waals surface area contributed by atoms with Gasteiger partial charge >= 0.3 is 6.03 Å². The summed E-state index contributed by atoms with van der Waals surface area (Å²) in [6.45, 7) is 2.22. The average Bonchev–Trinajstić information content (AvgIpc) is 2.10. The van der Waals surface area contributed by atoms with Crippen molar-refractivity contribution in [2.24, 2.45) is 0 Å². The third kappa shape index (κ3) is 4.92. The first-order valence-electron chi connectivity index (χ1n) is 3.96. The molecule has 0 aliphatic rings. The van der Waals surface area contributed by atoms with Crippen LogP contribution in [0.3, 0.4) is 0 Å². The smallest absolute Gasteiger partial charge is 0.342 e. The number of unbranched alkanes of at least 4 members (excludes halogenated alkanes) is 1. The van der Waals surface area contributed by atoms with Crippen LogP contribution in [0.25, 0.3) is 0 Å². The Labute approximate surface area is 72.3 Å². The van der Waals surface area contributed by atoms with Crippen molar-refractivity contribution in [1.29, 1.82) is 0 Å². The quantitative estimate of drug-likeness (QED) is 0.360. The van der Waals surface area contributed by atoms with Gasteiger partial charge in [0.25, 0.3) is 0 Å². The van der Waals surface area contributed by atoms with Crippen LogP contribution in [0.4, 0.5) is 4.79 Å². The van der Waals surface area contributed by atoms with Gasteiger partial charge in [0.05, 0.1) is 6.61 Å². The van der Waals surface area contributed by atoms with Gasteiger partial charge in [-0.25, -0.2) is 10.3 Å². The monoisotopic (exact) mass is 176 g/mol. The first-order valence-corrected chi connectivity index (χ1v) is 3.96. The Morgan fingerprint density at radius 3 is 2.83 bits per heavy atom. The van der Waals surface area contributed by atoms with Crippen molar-refractivity contribution in [3.63, 3.8) is 0 Å². The summed E-state index contributed by atoms with van der Waals surface area (Å²) in [4.78, 5) is 16.8. The minimum atomic E-state index is -0.436. The summed E-state index contributed by atoms with van der Waals surface area (Å²) in [6, 6.07) is -0.436. The third-order valence-corrected chi connectivity index (χ3v) is 1.32. The molecular formula is C7H16N2O3. The van der Waals surface area contributed by atoms with E-state index >= 15 is 0 Å². The number of amides is 2. The molecule has 5 heteroatoms. The molecule has 5 nitrogen and oxygen atoms in total. The van der Waals surface area contributed by atoms with E-state index in [1.165, 1.54) is 7.05 Å². The van der Waals surface area contributed by atoms with Crippen LogP contribution < -0.4 is 5.48 Å². The number of hydrogen-bond donors (Lipinski definition) is 2. The van der Waals surface area contributed by atoms with E-state index in [4.69, 9.17) is 9.94 Å². The highest BCUT2D eigenvalue weighted by atomic mass is 16.7. The minimum Gasteiger partial charge on any atom is -0.376 e. The molecule has 0 saturated carbocycles. The van der Waals surface area contributed by atoms with Crippen molar-refractivity contribution in [3.8, 4) is 0 Å². The van der Waals surface area contributed by atoms with E-state index in [-0.39, 0.29) is 6.73 Å². The fraction of sp³-hybridized carbons (Fsp3) is 0.857. The van der Waals surface area contributed by atoms with Crippen molar-refractivity contribution in [2.45, 2.75) is 19.8 Å². The van der Waals surface area contributed by atoms with E-state index in [1.807, 2.05) is 6.92 Å². The van der Waals surface area contributed by atoms with Crippen LogP contribution in [0.1, 0.15) is 19.8 Å².